The molecule has 0 aliphatic carbocycles. The van der Waals surface area contributed by atoms with Gasteiger partial charge in [-0.1, -0.05) is 29.3 Å². The van der Waals surface area contributed by atoms with Gasteiger partial charge in [-0.2, -0.15) is 0 Å². The van der Waals surface area contributed by atoms with Crippen molar-refractivity contribution in [2.24, 2.45) is 14.1 Å². The third kappa shape index (κ3) is 3.33. The summed E-state index contributed by atoms with van der Waals surface area (Å²) >= 11 is 12.1. The highest BCUT2D eigenvalue weighted by Gasteiger charge is 2.23. The zero-order chi connectivity index (χ0) is 20.7. The molecule has 10 heteroatoms. The number of aryl methyl sites for hydroxylation is 1. The van der Waals surface area contributed by atoms with Crippen LogP contribution in [0.3, 0.4) is 0 Å². The van der Waals surface area contributed by atoms with Gasteiger partial charge in [0.2, 0.25) is 5.91 Å². The van der Waals surface area contributed by atoms with E-state index < -0.39 is 17.3 Å². The Morgan fingerprint density at radius 3 is 2.46 bits per heavy atom. The van der Waals surface area contributed by atoms with Crippen LogP contribution in [0.15, 0.2) is 34.1 Å². The van der Waals surface area contributed by atoms with Crippen LogP contribution in [-0.4, -0.2) is 24.6 Å². The SMILES string of the molecule is CC(NC(=O)C(C)n1cnc2c1c(=O)n(C)c(=O)n2C)c1ccc(Cl)cc1Cl. The molecular formula is C18H19Cl2N5O3. The van der Waals surface area contributed by atoms with Crippen LogP contribution in [0.2, 0.25) is 10.0 Å². The van der Waals surface area contributed by atoms with Crippen molar-refractivity contribution in [1.29, 1.82) is 0 Å². The average Bonchev–Trinajstić information content (AvgIpc) is 3.08. The first kappa shape index (κ1) is 20.2. The minimum absolute atomic E-state index is 0.185. The predicted molar refractivity (Wildman–Crippen MR) is 108 cm³/mol. The van der Waals surface area contributed by atoms with E-state index in [0.717, 1.165) is 10.1 Å². The fourth-order valence-corrected chi connectivity index (χ4v) is 3.62. The highest BCUT2D eigenvalue weighted by molar-refractivity contribution is 6.35. The Hall–Kier alpha value is -2.58. The Bertz CT molecular complexity index is 1190. The van der Waals surface area contributed by atoms with Gasteiger partial charge >= 0.3 is 5.69 Å². The van der Waals surface area contributed by atoms with Crippen LogP contribution in [0, 0.1) is 0 Å². The maximum atomic E-state index is 12.8. The molecule has 0 saturated heterocycles. The molecule has 2 heterocycles. The summed E-state index contributed by atoms with van der Waals surface area (Å²) in [5.74, 6) is -0.325. The Morgan fingerprint density at radius 1 is 1.14 bits per heavy atom. The van der Waals surface area contributed by atoms with E-state index in [2.05, 4.69) is 10.3 Å². The molecule has 0 bridgehead atoms. The Morgan fingerprint density at radius 2 is 1.82 bits per heavy atom. The number of fused-ring (bicyclic) bond motifs is 1. The lowest BCUT2D eigenvalue weighted by atomic mass is 10.1. The van der Waals surface area contributed by atoms with Gasteiger partial charge in [-0.25, -0.2) is 9.78 Å². The van der Waals surface area contributed by atoms with Crippen LogP contribution in [-0.2, 0) is 18.9 Å². The van der Waals surface area contributed by atoms with E-state index >= 15 is 0 Å². The van der Waals surface area contributed by atoms with Crippen molar-refractivity contribution in [1.82, 2.24) is 24.0 Å². The molecule has 148 valence electrons. The highest BCUT2D eigenvalue weighted by Crippen LogP contribution is 2.26. The van der Waals surface area contributed by atoms with E-state index in [1.54, 1.807) is 32.0 Å². The number of nitrogens with zero attached hydrogens (tertiary/aromatic N) is 4. The molecule has 1 N–H and O–H groups in total. The van der Waals surface area contributed by atoms with Crippen molar-refractivity contribution in [3.8, 4) is 0 Å². The quantitative estimate of drug-likeness (QED) is 0.695. The van der Waals surface area contributed by atoms with Crippen molar-refractivity contribution in [3.63, 3.8) is 0 Å². The normalized spacial score (nSPS) is 13.5. The van der Waals surface area contributed by atoms with Crippen LogP contribution in [0.5, 0.6) is 0 Å². The summed E-state index contributed by atoms with van der Waals surface area (Å²) in [4.78, 5) is 41.5. The van der Waals surface area contributed by atoms with E-state index in [-0.39, 0.29) is 23.1 Å². The molecule has 0 aliphatic rings. The molecule has 0 radical (unpaired) electrons. The standard InChI is InChI=1S/C18H19Cl2N5O3/c1-9(12-6-5-11(19)7-13(12)20)22-16(26)10(2)25-8-21-15-14(25)17(27)24(4)18(28)23(15)3/h5-10H,1-4H3,(H,22,26). The number of imidazole rings is 1. The minimum atomic E-state index is -0.733. The number of carbonyl (C=O) groups excluding carboxylic acids is 1. The Kier molecular flexibility index (Phi) is 5.36. The average molecular weight is 424 g/mol. The summed E-state index contributed by atoms with van der Waals surface area (Å²) in [7, 11) is 2.91. The molecule has 1 aromatic carbocycles. The van der Waals surface area contributed by atoms with Crippen LogP contribution in [0.4, 0.5) is 0 Å². The molecule has 0 aliphatic heterocycles. The van der Waals surface area contributed by atoms with E-state index in [9.17, 15) is 14.4 Å². The number of amides is 1. The van der Waals surface area contributed by atoms with Crippen molar-refractivity contribution in [2.75, 3.05) is 0 Å². The van der Waals surface area contributed by atoms with Crippen LogP contribution in [0.25, 0.3) is 11.2 Å². The third-order valence-electron chi connectivity index (χ3n) is 4.76. The number of halogens is 2. The summed E-state index contributed by atoms with van der Waals surface area (Å²) in [6.07, 6.45) is 1.38. The first-order valence-electron chi connectivity index (χ1n) is 8.51. The Labute approximate surface area is 170 Å². The largest absolute Gasteiger partial charge is 0.348 e. The maximum absolute atomic E-state index is 12.8. The van der Waals surface area contributed by atoms with Gasteiger partial charge in [-0.05, 0) is 31.5 Å². The van der Waals surface area contributed by atoms with Gasteiger partial charge in [0, 0.05) is 24.1 Å². The number of nitrogens with one attached hydrogen (secondary N) is 1. The minimum Gasteiger partial charge on any atom is -0.348 e. The smallest absolute Gasteiger partial charge is 0.332 e. The highest BCUT2D eigenvalue weighted by atomic mass is 35.5. The number of carbonyl (C=O) groups is 1. The number of rotatable bonds is 4. The molecule has 3 aromatic rings. The van der Waals surface area contributed by atoms with Crippen LogP contribution >= 0.6 is 23.2 Å². The summed E-state index contributed by atoms with van der Waals surface area (Å²) in [6.45, 7) is 3.45. The zero-order valence-electron chi connectivity index (χ0n) is 15.7. The molecule has 28 heavy (non-hydrogen) atoms. The molecular weight excluding hydrogens is 405 g/mol. The topological polar surface area (TPSA) is 90.9 Å². The van der Waals surface area contributed by atoms with Gasteiger partial charge < -0.3 is 9.88 Å². The summed E-state index contributed by atoms with van der Waals surface area (Å²) < 4.78 is 3.72. The van der Waals surface area contributed by atoms with Gasteiger partial charge in [-0.3, -0.25) is 18.7 Å². The number of aromatic nitrogens is 4. The third-order valence-corrected chi connectivity index (χ3v) is 5.32. The van der Waals surface area contributed by atoms with Gasteiger partial charge in [0.15, 0.2) is 11.2 Å². The second-order valence-electron chi connectivity index (χ2n) is 6.60. The summed E-state index contributed by atoms with van der Waals surface area (Å²) in [6, 6.07) is 3.95. The first-order chi connectivity index (χ1) is 13.1. The fraction of sp³-hybridized carbons (Fsp3) is 0.333. The van der Waals surface area contributed by atoms with Crippen molar-refractivity contribution >= 4 is 40.3 Å². The van der Waals surface area contributed by atoms with E-state index in [1.807, 2.05) is 0 Å². The molecule has 1 amide bonds. The van der Waals surface area contributed by atoms with E-state index in [4.69, 9.17) is 23.2 Å². The monoisotopic (exact) mass is 423 g/mol. The lowest BCUT2D eigenvalue weighted by Gasteiger charge is -2.20. The van der Waals surface area contributed by atoms with Gasteiger partial charge in [0.25, 0.3) is 5.56 Å². The molecule has 2 atom stereocenters. The summed E-state index contributed by atoms with van der Waals surface area (Å²) in [5, 5.41) is 3.83. The molecule has 0 saturated carbocycles. The van der Waals surface area contributed by atoms with Crippen molar-refractivity contribution in [2.45, 2.75) is 25.9 Å². The molecule has 0 fully saturated rings. The second kappa shape index (κ2) is 7.44. The van der Waals surface area contributed by atoms with E-state index in [0.29, 0.717) is 10.0 Å². The molecule has 8 nitrogen and oxygen atoms in total. The molecule has 0 spiro atoms. The summed E-state index contributed by atoms with van der Waals surface area (Å²) in [5.41, 5.74) is 0.140. The second-order valence-corrected chi connectivity index (χ2v) is 7.45. The van der Waals surface area contributed by atoms with Gasteiger partial charge in [0.1, 0.15) is 6.04 Å². The maximum Gasteiger partial charge on any atom is 0.332 e. The molecule has 2 aromatic heterocycles. The number of hydrogen-bond acceptors (Lipinski definition) is 4. The van der Waals surface area contributed by atoms with E-state index in [1.165, 1.54) is 29.6 Å². The van der Waals surface area contributed by atoms with Crippen LogP contribution < -0.4 is 16.6 Å². The van der Waals surface area contributed by atoms with Crippen LogP contribution in [0.1, 0.15) is 31.5 Å². The lowest BCUT2D eigenvalue weighted by Crippen LogP contribution is -2.39. The lowest BCUT2D eigenvalue weighted by molar-refractivity contribution is -0.124. The van der Waals surface area contributed by atoms with Crippen molar-refractivity contribution < 1.29 is 4.79 Å². The number of hydrogen-bond donors (Lipinski definition) is 1. The molecule has 2 unspecified atom stereocenters. The van der Waals surface area contributed by atoms with Crippen molar-refractivity contribution in [3.05, 3.63) is 61.0 Å². The number of benzene rings is 1. The van der Waals surface area contributed by atoms with Gasteiger partial charge in [0.05, 0.1) is 12.4 Å². The first-order valence-corrected chi connectivity index (χ1v) is 9.27. The Balaban J connectivity index is 1.94. The zero-order valence-corrected chi connectivity index (χ0v) is 17.2. The fourth-order valence-electron chi connectivity index (χ4n) is 3.05. The molecule has 3 rings (SSSR count). The predicted octanol–water partition coefficient (Wildman–Crippen LogP) is 2.18. The van der Waals surface area contributed by atoms with Gasteiger partial charge in [-0.15, -0.1) is 0 Å².